The van der Waals surface area contributed by atoms with Gasteiger partial charge in [-0.25, -0.2) is 9.89 Å². The van der Waals surface area contributed by atoms with Crippen molar-refractivity contribution >= 4 is 5.91 Å². The van der Waals surface area contributed by atoms with E-state index in [9.17, 15) is 9.59 Å². The first kappa shape index (κ1) is 16.4. The number of aromatic amines is 1. The average Bonchev–Trinajstić information content (AvgIpc) is 3.17. The van der Waals surface area contributed by atoms with Crippen LogP contribution in [-0.4, -0.2) is 50.3 Å². The lowest BCUT2D eigenvalue weighted by Crippen LogP contribution is -2.34. The van der Waals surface area contributed by atoms with Gasteiger partial charge >= 0.3 is 5.69 Å². The van der Waals surface area contributed by atoms with Crippen LogP contribution >= 0.6 is 0 Å². The number of methoxy groups -OCH3 is 1. The summed E-state index contributed by atoms with van der Waals surface area (Å²) < 4.78 is 7.00. The topological polar surface area (TPSA) is 93.1 Å². The molecule has 0 unspecified atom stereocenters. The van der Waals surface area contributed by atoms with Gasteiger partial charge in [-0.2, -0.15) is 5.10 Å². The summed E-state index contributed by atoms with van der Waals surface area (Å²) in [5.41, 5.74) is 1.18. The van der Waals surface area contributed by atoms with Crippen LogP contribution in [0.5, 0.6) is 0 Å². The minimum Gasteiger partial charge on any atom is -0.380 e. The molecule has 1 amide bonds. The molecule has 128 valence electrons. The summed E-state index contributed by atoms with van der Waals surface area (Å²) in [5, 5.41) is 6.61. The van der Waals surface area contributed by atoms with E-state index in [1.807, 2.05) is 19.9 Å². The number of rotatable bonds is 4. The molecule has 2 atom stereocenters. The van der Waals surface area contributed by atoms with Crippen LogP contribution < -0.4 is 5.69 Å². The van der Waals surface area contributed by atoms with Gasteiger partial charge in [0, 0.05) is 39.0 Å². The van der Waals surface area contributed by atoms with Crippen molar-refractivity contribution in [1.82, 2.24) is 24.6 Å². The molecule has 1 N–H and O–H groups in total. The van der Waals surface area contributed by atoms with E-state index in [4.69, 9.17) is 4.74 Å². The van der Waals surface area contributed by atoms with Crippen molar-refractivity contribution in [3.8, 4) is 0 Å². The molecule has 3 rings (SSSR count). The second kappa shape index (κ2) is 6.56. The summed E-state index contributed by atoms with van der Waals surface area (Å²) in [6.45, 7) is 4.72. The van der Waals surface area contributed by atoms with Gasteiger partial charge in [0.05, 0.1) is 17.7 Å². The standard InChI is InChI=1S/C16H21N5O3/c1-4-20-14(18-19-16(20)23)13-6-12(24-3)9-21(13)15(22)11-5-10(2)7-17-8-11/h5,7-8,12-13H,4,6,9H2,1-3H3,(H,19,23)/t12-,13-/m0/s1. The van der Waals surface area contributed by atoms with Gasteiger partial charge in [-0.15, -0.1) is 0 Å². The molecule has 1 fully saturated rings. The number of carbonyl (C=O) groups excluding carboxylic acids is 1. The Morgan fingerprint density at radius 2 is 2.25 bits per heavy atom. The van der Waals surface area contributed by atoms with Gasteiger partial charge in [0.25, 0.3) is 5.91 Å². The number of amides is 1. The molecule has 24 heavy (non-hydrogen) atoms. The predicted octanol–water partition coefficient (Wildman–Crippen LogP) is 0.897. The van der Waals surface area contributed by atoms with Gasteiger partial charge in [-0.3, -0.25) is 14.3 Å². The largest absolute Gasteiger partial charge is 0.380 e. The summed E-state index contributed by atoms with van der Waals surface area (Å²) in [7, 11) is 1.63. The van der Waals surface area contributed by atoms with Crippen LogP contribution in [0.25, 0.3) is 0 Å². The lowest BCUT2D eigenvalue weighted by molar-refractivity contribution is 0.0682. The molecule has 0 aromatic carbocycles. The number of pyridine rings is 1. The number of ether oxygens (including phenoxy) is 1. The highest BCUT2D eigenvalue weighted by atomic mass is 16.5. The van der Waals surface area contributed by atoms with Gasteiger partial charge in [0.2, 0.25) is 0 Å². The third kappa shape index (κ3) is 2.84. The zero-order valence-electron chi connectivity index (χ0n) is 14.0. The Bertz CT molecular complexity index is 797. The minimum atomic E-state index is -0.304. The fourth-order valence-corrected chi connectivity index (χ4v) is 3.17. The highest BCUT2D eigenvalue weighted by Gasteiger charge is 2.39. The molecule has 0 bridgehead atoms. The van der Waals surface area contributed by atoms with Gasteiger partial charge in [0.1, 0.15) is 0 Å². The monoisotopic (exact) mass is 331 g/mol. The van der Waals surface area contributed by atoms with Crippen LogP contribution in [-0.2, 0) is 11.3 Å². The molecule has 0 aliphatic carbocycles. The number of hydrogen-bond donors (Lipinski definition) is 1. The Labute approximate surface area is 139 Å². The van der Waals surface area contributed by atoms with E-state index >= 15 is 0 Å². The van der Waals surface area contributed by atoms with Crippen LogP contribution in [0.15, 0.2) is 23.3 Å². The van der Waals surface area contributed by atoms with Gasteiger partial charge in [-0.1, -0.05) is 0 Å². The maximum Gasteiger partial charge on any atom is 0.343 e. The van der Waals surface area contributed by atoms with E-state index in [0.29, 0.717) is 30.9 Å². The molecule has 3 heterocycles. The third-order valence-electron chi connectivity index (χ3n) is 4.38. The van der Waals surface area contributed by atoms with Gasteiger partial charge in [0.15, 0.2) is 5.82 Å². The number of nitrogens with zero attached hydrogens (tertiary/aromatic N) is 4. The van der Waals surface area contributed by atoms with E-state index < -0.39 is 0 Å². The Hall–Kier alpha value is -2.48. The summed E-state index contributed by atoms with van der Waals surface area (Å²) in [5.74, 6) is 0.435. The highest BCUT2D eigenvalue weighted by Crippen LogP contribution is 2.33. The fraction of sp³-hybridized carbons (Fsp3) is 0.500. The van der Waals surface area contributed by atoms with Gasteiger partial charge < -0.3 is 9.64 Å². The molecule has 2 aromatic heterocycles. The lowest BCUT2D eigenvalue weighted by Gasteiger charge is -2.24. The molecule has 8 heteroatoms. The number of aromatic nitrogens is 4. The summed E-state index contributed by atoms with van der Waals surface area (Å²) in [6.07, 6.45) is 3.78. The Morgan fingerprint density at radius 1 is 1.46 bits per heavy atom. The minimum absolute atomic E-state index is 0.0890. The van der Waals surface area contributed by atoms with E-state index in [1.54, 1.807) is 29.0 Å². The van der Waals surface area contributed by atoms with Crippen molar-refractivity contribution in [3.05, 3.63) is 45.9 Å². The smallest absolute Gasteiger partial charge is 0.343 e. The maximum atomic E-state index is 13.0. The SMILES string of the molecule is CCn1c([C@@H]2C[C@H](OC)CN2C(=O)c2cncc(C)c2)n[nH]c1=O. The van der Waals surface area contributed by atoms with Crippen LogP contribution in [0.4, 0.5) is 0 Å². The Morgan fingerprint density at radius 3 is 2.92 bits per heavy atom. The predicted molar refractivity (Wildman–Crippen MR) is 86.7 cm³/mol. The summed E-state index contributed by atoms with van der Waals surface area (Å²) in [4.78, 5) is 30.6. The molecule has 1 saturated heterocycles. The number of carbonyl (C=O) groups is 1. The van der Waals surface area contributed by atoms with Crippen LogP contribution in [0.1, 0.15) is 41.1 Å². The number of hydrogen-bond acceptors (Lipinski definition) is 5. The fourth-order valence-electron chi connectivity index (χ4n) is 3.17. The Balaban J connectivity index is 1.97. The molecule has 2 aromatic rings. The molecule has 0 radical (unpaired) electrons. The molecule has 0 saturated carbocycles. The molecule has 0 spiro atoms. The Kier molecular flexibility index (Phi) is 4.48. The van der Waals surface area contributed by atoms with E-state index in [0.717, 1.165) is 5.56 Å². The number of H-pyrrole nitrogens is 1. The summed E-state index contributed by atoms with van der Waals surface area (Å²) >= 11 is 0. The van der Waals surface area contributed by atoms with Crippen molar-refractivity contribution in [1.29, 1.82) is 0 Å². The van der Waals surface area contributed by atoms with Crippen LogP contribution in [0.3, 0.4) is 0 Å². The zero-order chi connectivity index (χ0) is 17.3. The van der Waals surface area contributed by atoms with Crippen molar-refractivity contribution < 1.29 is 9.53 Å². The first-order chi connectivity index (χ1) is 11.5. The maximum absolute atomic E-state index is 13.0. The lowest BCUT2D eigenvalue weighted by atomic mass is 10.1. The van der Waals surface area contributed by atoms with Crippen molar-refractivity contribution in [3.63, 3.8) is 0 Å². The zero-order valence-corrected chi connectivity index (χ0v) is 14.0. The van der Waals surface area contributed by atoms with Crippen molar-refractivity contribution in [2.45, 2.75) is 39.0 Å². The molecule has 1 aliphatic heterocycles. The number of nitrogens with one attached hydrogen (secondary N) is 1. The number of aryl methyl sites for hydroxylation is 1. The quantitative estimate of drug-likeness (QED) is 0.898. The van der Waals surface area contributed by atoms with Crippen LogP contribution in [0, 0.1) is 6.92 Å². The van der Waals surface area contributed by atoms with E-state index in [1.165, 1.54) is 0 Å². The summed E-state index contributed by atoms with van der Waals surface area (Å²) in [6, 6.07) is 1.51. The molecule has 1 aliphatic rings. The van der Waals surface area contributed by atoms with Crippen LogP contribution in [0.2, 0.25) is 0 Å². The number of likely N-dealkylation sites (tertiary alicyclic amines) is 1. The van der Waals surface area contributed by atoms with Crippen molar-refractivity contribution in [2.75, 3.05) is 13.7 Å². The second-order valence-corrected chi connectivity index (χ2v) is 5.95. The average molecular weight is 331 g/mol. The van der Waals surface area contributed by atoms with E-state index in [2.05, 4.69) is 15.2 Å². The first-order valence-corrected chi connectivity index (χ1v) is 7.95. The highest BCUT2D eigenvalue weighted by molar-refractivity contribution is 5.94. The molecular formula is C16H21N5O3. The molecular weight excluding hydrogens is 310 g/mol. The molecule has 8 nitrogen and oxygen atoms in total. The third-order valence-corrected chi connectivity index (χ3v) is 4.38. The van der Waals surface area contributed by atoms with Crippen molar-refractivity contribution in [2.24, 2.45) is 0 Å². The van der Waals surface area contributed by atoms with Gasteiger partial charge in [-0.05, 0) is 25.5 Å². The van der Waals surface area contributed by atoms with E-state index in [-0.39, 0.29) is 23.7 Å². The second-order valence-electron chi connectivity index (χ2n) is 5.95. The first-order valence-electron chi connectivity index (χ1n) is 7.95. The normalized spacial score (nSPS) is 20.5.